The normalized spacial score (nSPS) is 23.3. The van der Waals surface area contributed by atoms with Gasteiger partial charge < -0.3 is 4.90 Å². The van der Waals surface area contributed by atoms with Crippen molar-refractivity contribution >= 4 is 23.2 Å². The molecule has 0 amide bonds. The molecule has 0 aromatic heterocycles. The lowest BCUT2D eigenvalue weighted by atomic mass is 9.78. The lowest BCUT2D eigenvalue weighted by Gasteiger charge is -2.33. The Kier molecular flexibility index (Phi) is 4.95. The van der Waals surface area contributed by atoms with E-state index in [1.165, 1.54) is 0 Å². The zero-order chi connectivity index (χ0) is 16.7. The van der Waals surface area contributed by atoms with E-state index in [0.717, 1.165) is 0 Å². The number of likely N-dealkylation sites (tertiary alicyclic amines) is 1. The van der Waals surface area contributed by atoms with Gasteiger partial charge in [0.1, 0.15) is 16.3 Å². The Morgan fingerprint density at radius 1 is 1.23 bits per heavy atom. The van der Waals surface area contributed by atoms with Crippen molar-refractivity contribution in [2.45, 2.75) is 31.4 Å². The van der Waals surface area contributed by atoms with E-state index in [9.17, 15) is 22.0 Å². The Hall–Kier alpha value is -0.590. The molecular formula is C14H14Cl2F5N. The van der Waals surface area contributed by atoms with Gasteiger partial charge >= 0.3 is 6.18 Å². The van der Waals surface area contributed by atoms with Crippen LogP contribution in [0.1, 0.15) is 25.3 Å². The van der Waals surface area contributed by atoms with Gasteiger partial charge in [0.05, 0.1) is 5.02 Å². The minimum atomic E-state index is -4.69. The van der Waals surface area contributed by atoms with Crippen LogP contribution in [0.15, 0.2) is 6.07 Å². The monoisotopic (exact) mass is 361 g/mol. The van der Waals surface area contributed by atoms with Crippen molar-refractivity contribution in [2.75, 3.05) is 19.6 Å². The van der Waals surface area contributed by atoms with Crippen LogP contribution < -0.4 is 0 Å². The molecule has 1 unspecified atom stereocenters. The lowest BCUT2D eigenvalue weighted by molar-refractivity contribution is -0.187. The number of nitrogens with zero attached hydrogens (tertiary/aromatic N) is 1. The highest BCUT2D eigenvalue weighted by atomic mass is 35.5. The second-order valence-electron chi connectivity index (χ2n) is 5.45. The molecule has 1 saturated heterocycles. The van der Waals surface area contributed by atoms with Crippen LogP contribution in [-0.4, -0.2) is 30.7 Å². The molecule has 0 saturated carbocycles. The summed E-state index contributed by atoms with van der Waals surface area (Å²) in [4.78, 5) is 1.61. The lowest BCUT2D eigenvalue weighted by Crippen LogP contribution is -2.45. The summed E-state index contributed by atoms with van der Waals surface area (Å²) >= 11 is 11.0. The SMILES string of the molecule is CCCN1CCC(c2cc(Cl)c(F)c(Cl)c2F)(C(F)(F)F)C1. The van der Waals surface area contributed by atoms with Crippen molar-refractivity contribution in [1.82, 2.24) is 4.90 Å². The van der Waals surface area contributed by atoms with Gasteiger partial charge in [-0.15, -0.1) is 0 Å². The molecule has 1 aliphatic rings. The molecule has 0 aliphatic carbocycles. The third-order valence-corrected chi connectivity index (χ3v) is 4.66. The first kappa shape index (κ1) is 17.8. The van der Waals surface area contributed by atoms with Crippen LogP contribution in [0, 0.1) is 11.6 Å². The molecule has 0 spiro atoms. The van der Waals surface area contributed by atoms with Gasteiger partial charge in [-0.1, -0.05) is 30.1 Å². The molecule has 1 aromatic carbocycles. The van der Waals surface area contributed by atoms with Crippen molar-refractivity contribution < 1.29 is 22.0 Å². The van der Waals surface area contributed by atoms with Gasteiger partial charge in [0, 0.05) is 12.1 Å². The van der Waals surface area contributed by atoms with Gasteiger partial charge in [-0.05, 0) is 32.0 Å². The highest BCUT2D eigenvalue weighted by Gasteiger charge is 2.60. The molecule has 1 aromatic rings. The molecule has 1 atom stereocenters. The summed E-state index contributed by atoms with van der Waals surface area (Å²) in [6.45, 7) is 2.11. The molecule has 1 aliphatic heterocycles. The van der Waals surface area contributed by atoms with E-state index in [4.69, 9.17) is 23.2 Å². The van der Waals surface area contributed by atoms with Gasteiger partial charge in [-0.25, -0.2) is 8.78 Å². The summed E-state index contributed by atoms with van der Waals surface area (Å²) in [7, 11) is 0. The van der Waals surface area contributed by atoms with Crippen LogP contribution in [0.3, 0.4) is 0 Å². The molecule has 1 heterocycles. The zero-order valence-corrected chi connectivity index (χ0v) is 13.2. The number of hydrogen-bond acceptors (Lipinski definition) is 1. The topological polar surface area (TPSA) is 3.24 Å². The average Bonchev–Trinajstić information content (AvgIpc) is 2.86. The molecule has 22 heavy (non-hydrogen) atoms. The third kappa shape index (κ3) is 2.81. The molecule has 1 nitrogen and oxygen atoms in total. The van der Waals surface area contributed by atoms with Crippen LogP contribution in [-0.2, 0) is 5.41 Å². The summed E-state index contributed by atoms with van der Waals surface area (Å²) < 4.78 is 68.8. The average molecular weight is 362 g/mol. The molecule has 1 fully saturated rings. The van der Waals surface area contributed by atoms with E-state index in [0.29, 0.717) is 19.0 Å². The molecule has 8 heteroatoms. The fourth-order valence-electron chi connectivity index (χ4n) is 2.92. The third-order valence-electron chi connectivity index (χ3n) is 4.05. The molecular weight excluding hydrogens is 348 g/mol. The van der Waals surface area contributed by atoms with E-state index in [2.05, 4.69) is 0 Å². The van der Waals surface area contributed by atoms with Crippen molar-refractivity contribution in [3.8, 4) is 0 Å². The van der Waals surface area contributed by atoms with Crippen LogP contribution in [0.4, 0.5) is 22.0 Å². The second-order valence-corrected chi connectivity index (χ2v) is 6.24. The van der Waals surface area contributed by atoms with Crippen LogP contribution in [0.2, 0.25) is 10.0 Å². The number of rotatable bonds is 3. The largest absolute Gasteiger partial charge is 0.399 e. The second kappa shape index (κ2) is 6.13. The summed E-state index contributed by atoms with van der Waals surface area (Å²) in [5.74, 6) is -2.63. The van der Waals surface area contributed by atoms with Crippen molar-refractivity contribution in [1.29, 1.82) is 0 Å². The fraction of sp³-hybridized carbons (Fsp3) is 0.571. The zero-order valence-electron chi connectivity index (χ0n) is 11.7. The van der Waals surface area contributed by atoms with Gasteiger partial charge in [0.2, 0.25) is 0 Å². The predicted octanol–water partition coefficient (Wildman–Crippen LogP) is 5.19. The molecule has 0 radical (unpaired) electrons. The molecule has 0 bridgehead atoms. The first-order valence-electron chi connectivity index (χ1n) is 6.76. The Bertz CT molecular complexity index is 575. The molecule has 124 valence electrons. The Morgan fingerprint density at radius 3 is 2.41 bits per heavy atom. The smallest absolute Gasteiger partial charge is 0.302 e. The maximum Gasteiger partial charge on any atom is 0.399 e. The molecule has 2 rings (SSSR count). The summed E-state index contributed by atoms with van der Waals surface area (Å²) in [6.07, 6.45) is -4.33. The fourth-order valence-corrected chi connectivity index (χ4v) is 3.38. The van der Waals surface area contributed by atoms with Crippen LogP contribution in [0.25, 0.3) is 0 Å². The quantitative estimate of drug-likeness (QED) is 0.407. The summed E-state index contributed by atoms with van der Waals surface area (Å²) in [6, 6.07) is 0.709. The standard InChI is InChI=1S/C14H14Cl2F5N/c1-2-4-22-5-3-13(7-22,14(19,20)21)8-6-9(15)12(18)10(16)11(8)17/h6H,2-5,7H2,1H3. The van der Waals surface area contributed by atoms with Crippen molar-refractivity contribution in [3.05, 3.63) is 33.3 Å². The highest BCUT2D eigenvalue weighted by Crippen LogP contribution is 2.50. The first-order valence-corrected chi connectivity index (χ1v) is 7.52. The number of alkyl halides is 3. The maximum atomic E-state index is 14.2. The number of halogens is 7. The van der Waals surface area contributed by atoms with Crippen LogP contribution in [0.5, 0.6) is 0 Å². The van der Waals surface area contributed by atoms with Gasteiger partial charge in [-0.3, -0.25) is 0 Å². The van der Waals surface area contributed by atoms with Crippen molar-refractivity contribution in [2.24, 2.45) is 0 Å². The minimum Gasteiger partial charge on any atom is -0.302 e. The van der Waals surface area contributed by atoms with E-state index in [1.54, 1.807) is 4.90 Å². The van der Waals surface area contributed by atoms with E-state index in [-0.39, 0.29) is 19.5 Å². The number of benzene rings is 1. The first-order chi connectivity index (χ1) is 10.1. The Labute approximate surface area is 135 Å². The van der Waals surface area contributed by atoms with E-state index in [1.807, 2.05) is 6.92 Å². The molecule has 0 N–H and O–H groups in total. The maximum absolute atomic E-state index is 14.2. The Balaban J connectivity index is 2.58. The predicted molar refractivity (Wildman–Crippen MR) is 75.5 cm³/mol. The Morgan fingerprint density at radius 2 is 1.86 bits per heavy atom. The van der Waals surface area contributed by atoms with E-state index >= 15 is 0 Å². The minimum absolute atomic E-state index is 0.180. The van der Waals surface area contributed by atoms with Crippen LogP contribution >= 0.6 is 23.2 Å². The number of hydrogen-bond donors (Lipinski definition) is 0. The van der Waals surface area contributed by atoms with Gasteiger partial charge in [0.15, 0.2) is 5.82 Å². The summed E-state index contributed by atoms with van der Waals surface area (Å²) in [5, 5.41) is -1.61. The van der Waals surface area contributed by atoms with E-state index < -0.39 is 38.8 Å². The summed E-state index contributed by atoms with van der Waals surface area (Å²) in [5.41, 5.74) is -3.11. The van der Waals surface area contributed by atoms with Gasteiger partial charge in [-0.2, -0.15) is 13.2 Å². The highest BCUT2D eigenvalue weighted by molar-refractivity contribution is 6.35. The van der Waals surface area contributed by atoms with Crippen molar-refractivity contribution in [3.63, 3.8) is 0 Å². The van der Waals surface area contributed by atoms with Gasteiger partial charge in [0.25, 0.3) is 0 Å².